The van der Waals surface area contributed by atoms with Crippen LogP contribution in [0, 0.1) is 5.82 Å². The standard InChI is InChI=1S/C21H21ClFN3O3/c1-2-3-11-21(14-7-5-4-6-8-14)19(28)26(20(29)25-21)13-18(27)24-17-12-15(22)9-10-16(17)23/h4-10,12H,2-3,11,13H2,1H3,(H,24,27)(H,25,29). The fourth-order valence-electron chi connectivity index (χ4n) is 3.37. The molecule has 1 unspecified atom stereocenters. The minimum Gasteiger partial charge on any atom is -0.322 e. The maximum absolute atomic E-state index is 13.8. The molecule has 2 aromatic rings. The van der Waals surface area contributed by atoms with Crippen LogP contribution in [0.1, 0.15) is 31.7 Å². The third-order valence-electron chi connectivity index (χ3n) is 4.85. The second kappa shape index (κ2) is 8.61. The summed E-state index contributed by atoms with van der Waals surface area (Å²) in [5.74, 6) is -1.86. The second-order valence-corrected chi connectivity index (χ2v) is 7.31. The molecule has 1 saturated heterocycles. The van der Waals surface area contributed by atoms with Crippen molar-refractivity contribution in [3.63, 3.8) is 0 Å². The molecule has 1 aliphatic heterocycles. The lowest BCUT2D eigenvalue weighted by molar-refractivity contribution is -0.134. The highest BCUT2D eigenvalue weighted by Crippen LogP contribution is 2.34. The van der Waals surface area contributed by atoms with E-state index in [1.807, 2.05) is 13.0 Å². The van der Waals surface area contributed by atoms with E-state index in [1.165, 1.54) is 12.1 Å². The van der Waals surface area contributed by atoms with Gasteiger partial charge in [-0.3, -0.25) is 14.5 Å². The molecule has 152 valence electrons. The van der Waals surface area contributed by atoms with Crippen molar-refractivity contribution in [2.75, 3.05) is 11.9 Å². The fourth-order valence-corrected chi connectivity index (χ4v) is 3.54. The van der Waals surface area contributed by atoms with Crippen LogP contribution in [0.3, 0.4) is 0 Å². The van der Waals surface area contributed by atoms with Crippen LogP contribution in [0.5, 0.6) is 0 Å². The summed E-state index contributed by atoms with van der Waals surface area (Å²) in [4.78, 5) is 39.0. The average molecular weight is 418 g/mol. The third-order valence-corrected chi connectivity index (χ3v) is 5.09. The number of unbranched alkanes of at least 4 members (excludes halogenated alkanes) is 1. The number of hydrogen-bond acceptors (Lipinski definition) is 3. The summed E-state index contributed by atoms with van der Waals surface area (Å²) in [5.41, 5.74) is -0.666. The summed E-state index contributed by atoms with van der Waals surface area (Å²) in [5, 5.41) is 5.38. The Kier molecular flexibility index (Phi) is 6.17. The van der Waals surface area contributed by atoms with E-state index in [9.17, 15) is 18.8 Å². The van der Waals surface area contributed by atoms with Gasteiger partial charge >= 0.3 is 6.03 Å². The number of hydrogen-bond donors (Lipinski definition) is 2. The molecular weight excluding hydrogens is 397 g/mol. The maximum Gasteiger partial charge on any atom is 0.325 e. The van der Waals surface area contributed by atoms with E-state index in [2.05, 4.69) is 10.6 Å². The van der Waals surface area contributed by atoms with Gasteiger partial charge in [0, 0.05) is 5.02 Å². The molecule has 0 bridgehead atoms. The van der Waals surface area contributed by atoms with Gasteiger partial charge in [-0.2, -0.15) is 0 Å². The summed E-state index contributed by atoms with van der Waals surface area (Å²) < 4.78 is 13.8. The van der Waals surface area contributed by atoms with Crippen molar-refractivity contribution in [2.24, 2.45) is 0 Å². The Morgan fingerprint density at radius 3 is 2.62 bits per heavy atom. The molecule has 1 heterocycles. The molecule has 2 N–H and O–H groups in total. The maximum atomic E-state index is 13.8. The Labute approximate surface area is 173 Å². The molecule has 3 rings (SSSR count). The monoisotopic (exact) mass is 417 g/mol. The molecule has 0 spiro atoms. The van der Waals surface area contributed by atoms with Crippen LogP contribution in [-0.2, 0) is 15.1 Å². The van der Waals surface area contributed by atoms with Crippen LogP contribution in [0.25, 0.3) is 0 Å². The number of amides is 4. The molecule has 1 fully saturated rings. The van der Waals surface area contributed by atoms with Crippen LogP contribution in [-0.4, -0.2) is 29.3 Å². The second-order valence-electron chi connectivity index (χ2n) is 6.87. The third kappa shape index (κ3) is 4.24. The minimum atomic E-state index is -1.21. The van der Waals surface area contributed by atoms with Crippen LogP contribution in [0.4, 0.5) is 14.9 Å². The number of carbonyl (C=O) groups excluding carboxylic acids is 3. The Morgan fingerprint density at radius 2 is 1.93 bits per heavy atom. The van der Waals surface area contributed by atoms with Crippen LogP contribution in [0.2, 0.25) is 5.02 Å². The number of carbonyl (C=O) groups is 3. The number of anilines is 1. The lowest BCUT2D eigenvalue weighted by Crippen LogP contribution is -2.44. The molecule has 2 aromatic carbocycles. The first-order chi connectivity index (χ1) is 13.9. The normalized spacial score (nSPS) is 18.7. The van der Waals surface area contributed by atoms with Crippen molar-refractivity contribution in [3.8, 4) is 0 Å². The first-order valence-corrected chi connectivity index (χ1v) is 9.69. The van der Waals surface area contributed by atoms with Gasteiger partial charge in [-0.1, -0.05) is 61.7 Å². The topological polar surface area (TPSA) is 78.5 Å². The van der Waals surface area contributed by atoms with Gasteiger partial charge in [0.1, 0.15) is 17.9 Å². The first-order valence-electron chi connectivity index (χ1n) is 9.32. The Hall–Kier alpha value is -2.93. The van der Waals surface area contributed by atoms with Gasteiger partial charge in [0.15, 0.2) is 0 Å². The molecule has 0 radical (unpaired) electrons. The van der Waals surface area contributed by atoms with Crippen molar-refractivity contribution in [1.29, 1.82) is 0 Å². The quantitative estimate of drug-likeness (QED) is 0.667. The summed E-state index contributed by atoms with van der Waals surface area (Å²) in [7, 11) is 0. The van der Waals surface area contributed by atoms with Crippen molar-refractivity contribution in [2.45, 2.75) is 31.7 Å². The van der Waals surface area contributed by atoms with Gasteiger partial charge in [-0.25, -0.2) is 9.18 Å². The molecule has 0 aliphatic carbocycles. The summed E-state index contributed by atoms with van der Waals surface area (Å²) >= 11 is 5.82. The molecule has 29 heavy (non-hydrogen) atoms. The highest BCUT2D eigenvalue weighted by molar-refractivity contribution is 6.30. The molecule has 0 aromatic heterocycles. The largest absolute Gasteiger partial charge is 0.325 e. The Morgan fingerprint density at radius 1 is 1.21 bits per heavy atom. The van der Waals surface area contributed by atoms with Crippen LogP contribution < -0.4 is 10.6 Å². The number of halogens is 2. The molecule has 4 amide bonds. The fraction of sp³-hybridized carbons (Fsp3) is 0.286. The van der Waals surface area contributed by atoms with Gasteiger partial charge in [-0.15, -0.1) is 0 Å². The van der Waals surface area contributed by atoms with E-state index < -0.39 is 35.7 Å². The van der Waals surface area contributed by atoms with E-state index in [-0.39, 0.29) is 10.7 Å². The van der Waals surface area contributed by atoms with E-state index in [4.69, 9.17) is 11.6 Å². The molecule has 6 nitrogen and oxygen atoms in total. The lowest BCUT2D eigenvalue weighted by atomic mass is 9.85. The van der Waals surface area contributed by atoms with Crippen molar-refractivity contribution < 1.29 is 18.8 Å². The zero-order valence-electron chi connectivity index (χ0n) is 15.9. The number of benzene rings is 2. The van der Waals surface area contributed by atoms with Gasteiger partial charge in [0.25, 0.3) is 5.91 Å². The Bertz CT molecular complexity index is 938. The zero-order chi connectivity index (χ0) is 21.0. The highest BCUT2D eigenvalue weighted by Gasteiger charge is 2.52. The average Bonchev–Trinajstić information content (AvgIpc) is 2.95. The molecule has 0 saturated carbocycles. The summed E-state index contributed by atoms with van der Waals surface area (Å²) in [6.07, 6.45) is 1.97. The predicted molar refractivity (Wildman–Crippen MR) is 108 cm³/mol. The van der Waals surface area contributed by atoms with Crippen molar-refractivity contribution in [1.82, 2.24) is 10.2 Å². The highest BCUT2D eigenvalue weighted by atomic mass is 35.5. The van der Waals surface area contributed by atoms with Crippen LogP contribution in [0.15, 0.2) is 48.5 Å². The van der Waals surface area contributed by atoms with Gasteiger partial charge in [0.05, 0.1) is 5.69 Å². The number of nitrogens with one attached hydrogen (secondary N) is 2. The van der Waals surface area contributed by atoms with E-state index >= 15 is 0 Å². The van der Waals surface area contributed by atoms with Gasteiger partial charge in [0.2, 0.25) is 5.91 Å². The van der Waals surface area contributed by atoms with Gasteiger partial charge in [-0.05, 0) is 30.2 Å². The number of imide groups is 1. The number of urea groups is 1. The van der Waals surface area contributed by atoms with Crippen molar-refractivity contribution >= 4 is 35.1 Å². The number of rotatable bonds is 7. The SMILES string of the molecule is CCCCC1(c2ccccc2)NC(=O)N(CC(=O)Nc2cc(Cl)ccc2F)C1=O. The molecular formula is C21H21ClFN3O3. The minimum absolute atomic E-state index is 0.116. The molecule has 1 atom stereocenters. The summed E-state index contributed by atoms with van der Waals surface area (Å²) in [6.45, 7) is 1.46. The number of nitrogens with zero attached hydrogens (tertiary/aromatic N) is 1. The Balaban J connectivity index is 1.81. The van der Waals surface area contributed by atoms with Crippen molar-refractivity contribution in [3.05, 3.63) is 64.9 Å². The van der Waals surface area contributed by atoms with E-state index in [1.54, 1.807) is 24.3 Å². The molecule has 8 heteroatoms. The smallest absolute Gasteiger partial charge is 0.322 e. The van der Waals surface area contributed by atoms with E-state index in [0.717, 1.165) is 17.4 Å². The lowest BCUT2D eigenvalue weighted by Gasteiger charge is -2.27. The zero-order valence-corrected chi connectivity index (χ0v) is 16.6. The van der Waals surface area contributed by atoms with Gasteiger partial charge < -0.3 is 10.6 Å². The van der Waals surface area contributed by atoms with Crippen LogP contribution >= 0.6 is 11.6 Å². The predicted octanol–water partition coefficient (Wildman–Crippen LogP) is 4.06. The summed E-state index contributed by atoms with van der Waals surface area (Å²) in [6, 6.07) is 12.0. The molecule has 1 aliphatic rings. The van der Waals surface area contributed by atoms with E-state index in [0.29, 0.717) is 18.4 Å². The first kappa shape index (κ1) is 20.8.